The van der Waals surface area contributed by atoms with Crippen LogP contribution < -0.4 is 5.32 Å². The summed E-state index contributed by atoms with van der Waals surface area (Å²) in [6.45, 7) is 3.47. The molecule has 94 valence electrons. The van der Waals surface area contributed by atoms with Gasteiger partial charge in [0.15, 0.2) is 0 Å². The fraction of sp³-hybridized carbons (Fsp3) is 0.333. The van der Waals surface area contributed by atoms with Crippen molar-refractivity contribution in [1.82, 2.24) is 0 Å². The molecule has 6 nitrogen and oxygen atoms in total. The first-order chi connectivity index (χ1) is 8.49. The molecule has 1 amide bonds. The van der Waals surface area contributed by atoms with Crippen molar-refractivity contribution in [3.8, 4) is 6.07 Å². The number of nitro groups is 1. The minimum atomic E-state index is -0.801. The van der Waals surface area contributed by atoms with Crippen molar-refractivity contribution in [2.75, 3.05) is 5.32 Å². The Kier molecular flexibility index (Phi) is 4.38. The second kappa shape index (κ2) is 5.77. The van der Waals surface area contributed by atoms with Crippen molar-refractivity contribution in [1.29, 1.82) is 5.26 Å². The van der Waals surface area contributed by atoms with E-state index in [9.17, 15) is 14.9 Å². The quantitative estimate of drug-likeness (QED) is 0.652. The fourth-order valence-electron chi connectivity index (χ4n) is 1.46. The third-order valence-electron chi connectivity index (χ3n) is 2.49. The summed E-state index contributed by atoms with van der Waals surface area (Å²) in [5, 5.41) is 22.0. The largest absolute Gasteiger partial charge is 0.319 e. The van der Waals surface area contributed by atoms with Crippen molar-refractivity contribution in [3.05, 3.63) is 33.9 Å². The van der Waals surface area contributed by atoms with E-state index in [1.165, 1.54) is 12.1 Å². The van der Waals surface area contributed by atoms with Crippen LogP contribution in [0.15, 0.2) is 18.2 Å². The van der Waals surface area contributed by atoms with Crippen LogP contribution in [-0.4, -0.2) is 10.8 Å². The van der Waals surface area contributed by atoms with E-state index in [0.717, 1.165) is 5.56 Å². The summed E-state index contributed by atoms with van der Waals surface area (Å²) in [5.74, 6) is -1.32. The van der Waals surface area contributed by atoms with Crippen LogP contribution in [0.3, 0.4) is 0 Å². The molecule has 0 saturated heterocycles. The minimum Gasteiger partial charge on any atom is -0.319 e. The van der Waals surface area contributed by atoms with Crippen LogP contribution in [0, 0.1) is 34.3 Å². The lowest BCUT2D eigenvalue weighted by atomic mass is 10.1. The number of nitrogens with zero attached hydrogens (tertiary/aromatic N) is 2. The number of nitriles is 1. The molecule has 0 aliphatic carbocycles. The first-order valence-electron chi connectivity index (χ1n) is 5.45. The second-order valence-electron chi connectivity index (χ2n) is 3.86. The lowest BCUT2D eigenvalue weighted by Crippen LogP contribution is -2.21. The highest BCUT2D eigenvalue weighted by Crippen LogP contribution is 2.25. The molecule has 0 aliphatic heterocycles. The molecule has 0 spiro atoms. The van der Waals surface area contributed by atoms with Crippen LogP contribution in [0.1, 0.15) is 18.9 Å². The topological polar surface area (TPSA) is 96.0 Å². The highest BCUT2D eigenvalue weighted by atomic mass is 16.6. The summed E-state index contributed by atoms with van der Waals surface area (Å²) in [6.07, 6.45) is 0.363. The van der Waals surface area contributed by atoms with Crippen LogP contribution in [0.2, 0.25) is 0 Å². The number of benzene rings is 1. The molecular weight excluding hydrogens is 234 g/mol. The van der Waals surface area contributed by atoms with Crippen molar-refractivity contribution in [3.63, 3.8) is 0 Å². The standard InChI is InChI=1S/C12H13N3O3/c1-3-9(7-13)12(16)14-10-6-8(2)4-5-11(10)15(17)18/h4-6,9H,3H2,1-2H3,(H,14,16). The van der Waals surface area contributed by atoms with Gasteiger partial charge in [-0.05, 0) is 25.0 Å². The highest BCUT2D eigenvalue weighted by Gasteiger charge is 2.20. The number of rotatable bonds is 4. The Balaban J connectivity index is 3.03. The van der Waals surface area contributed by atoms with E-state index in [-0.39, 0.29) is 11.4 Å². The molecular formula is C12H13N3O3. The number of nitro benzene ring substituents is 1. The lowest BCUT2D eigenvalue weighted by molar-refractivity contribution is -0.383. The summed E-state index contributed by atoms with van der Waals surface area (Å²) in [7, 11) is 0. The van der Waals surface area contributed by atoms with E-state index >= 15 is 0 Å². The number of nitrogens with one attached hydrogen (secondary N) is 1. The van der Waals surface area contributed by atoms with Gasteiger partial charge in [-0.2, -0.15) is 5.26 Å². The van der Waals surface area contributed by atoms with Crippen LogP contribution in [-0.2, 0) is 4.79 Å². The van der Waals surface area contributed by atoms with Crippen LogP contribution in [0.4, 0.5) is 11.4 Å². The molecule has 0 bridgehead atoms. The molecule has 0 heterocycles. The van der Waals surface area contributed by atoms with Crippen LogP contribution in [0.25, 0.3) is 0 Å². The summed E-state index contributed by atoms with van der Waals surface area (Å²) in [5.41, 5.74) is 0.737. The van der Waals surface area contributed by atoms with Gasteiger partial charge in [-0.15, -0.1) is 0 Å². The van der Waals surface area contributed by atoms with Crippen molar-refractivity contribution in [2.24, 2.45) is 5.92 Å². The van der Waals surface area contributed by atoms with E-state index in [1.807, 2.05) is 6.07 Å². The Morgan fingerprint density at radius 2 is 2.28 bits per heavy atom. The number of amides is 1. The molecule has 1 unspecified atom stereocenters. The summed E-state index contributed by atoms with van der Waals surface area (Å²) in [4.78, 5) is 22.0. The molecule has 0 radical (unpaired) electrons. The zero-order valence-electron chi connectivity index (χ0n) is 10.1. The molecule has 0 saturated carbocycles. The number of hydrogen-bond acceptors (Lipinski definition) is 4. The van der Waals surface area contributed by atoms with Gasteiger partial charge in [0.2, 0.25) is 5.91 Å². The molecule has 0 fully saturated rings. The first-order valence-corrected chi connectivity index (χ1v) is 5.45. The van der Waals surface area contributed by atoms with Crippen LogP contribution >= 0.6 is 0 Å². The molecule has 1 aromatic carbocycles. The maximum Gasteiger partial charge on any atom is 0.292 e. The van der Waals surface area contributed by atoms with E-state index in [1.54, 1.807) is 19.9 Å². The first kappa shape index (κ1) is 13.6. The summed E-state index contributed by atoms with van der Waals surface area (Å²) < 4.78 is 0. The average molecular weight is 247 g/mol. The van der Waals surface area contributed by atoms with Crippen molar-refractivity contribution >= 4 is 17.3 Å². The zero-order valence-corrected chi connectivity index (χ0v) is 10.1. The third-order valence-corrected chi connectivity index (χ3v) is 2.49. The maximum atomic E-state index is 11.7. The van der Waals surface area contributed by atoms with Gasteiger partial charge in [0.1, 0.15) is 11.6 Å². The normalized spacial score (nSPS) is 11.4. The van der Waals surface area contributed by atoms with E-state index in [0.29, 0.717) is 6.42 Å². The van der Waals surface area contributed by atoms with E-state index in [2.05, 4.69) is 5.32 Å². The molecule has 18 heavy (non-hydrogen) atoms. The Hall–Kier alpha value is -2.42. The minimum absolute atomic E-state index is 0.124. The summed E-state index contributed by atoms with van der Waals surface area (Å²) in [6, 6.07) is 6.29. The molecule has 0 aliphatic rings. The van der Waals surface area contributed by atoms with Gasteiger partial charge in [-0.3, -0.25) is 14.9 Å². The van der Waals surface area contributed by atoms with Gasteiger partial charge < -0.3 is 5.32 Å². The van der Waals surface area contributed by atoms with Gasteiger partial charge in [0, 0.05) is 6.07 Å². The highest BCUT2D eigenvalue weighted by molar-refractivity contribution is 5.96. The SMILES string of the molecule is CCC(C#N)C(=O)Nc1cc(C)ccc1[N+](=O)[O-]. The summed E-state index contributed by atoms with van der Waals surface area (Å²) >= 11 is 0. The zero-order chi connectivity index (χ0) is 13.7. The predicted octanol–water partition coefficient (Wildman–Crippen LogP) is 2.39. The van der Waals surface area contributed by atoms with Gasteiger partial charge in [-0.25, -0.2) is 0 Å². The van der Waals surface area contributed by atoms with Crippen molar-refractivity contribution < 1.29 is 9.72 Å². The second-order valence-corrected chi connectivity index (χ2v) is 3.86. The third kappa shape index (κ3) is 3.04. The Morgan fingerprint density at radius 1 is 1.61 bits per heavy atom. The number of aryl methyl sites for hydroxylation is 1. The average Bonchev–Trinajstić information content (AvgIpc) is 2.30. The molecule has 0 aromatic heterocycles. The molecule has 1 N–H and O–H groups in total. The predicted molar refractivity (Wildman–Crippen MR) is 65.9 cm³/mol. The Bertz CT molecular complexity index is 520. The number of carbonyl (C=O) groups excluding carboxylic acids is 1. The number of carbonyl (C=O) groups is 1. The molecule has 1 rings (SSSR count). The fourth-order valence-corrected chi connectivity index (χ4v) is 1.46. The number of anilines is 1. The van der Waals surface area contributed by atoms with Crippen LogP contribution in [0.5, 0.6) is 0 Å². The molecule has 1 aromatic rings. The van der Waals surface area contributed by atoms with Gasteiger partial charge in [-0.1, -0.05) is 13.0 Å². The van der Waals surface area contributed by atoms with Gasteiger partial charge in [0.05, 0.1) is 11.0 Å². The Morgan fingerprint density at radius 3 is 2.78 bits per heavy atom. The van der Waals surface area contributed by atoms with Gasteiger partial charge in [0.25, 0.3) is 5.69 Å². The molecule has 1 atom stereocenters. The lowest BCUT2D eigenvalue weighted by Gasteiger charge is -2.09. The van der Waals surface area contributed by atoms with E-state index < -0.39 is 16.7 Å². The van der Waals surface area contributed by atoms with E-state index in [4.69, 9.17) is 5.26 Å². The Labute approximate surface area is 104 Å². The number of hydrogen-bond donors (Lipinski definition) is 1. The monoisotopic (exact) mass is 247 g/mol. The maximum absolute atomic E-state index is 11.7. The van der Waals surface area contributed by atoms with Gasteiger partial charge >= 0.3 is 0 Å². The molecule has 6 heteroatoms. The van der Waals surface area contributed by atoms with Crippen molar-refractivity contribution in [2.45, 2.75) is 20.3 Å². The smallest absolute Gasteiger partial charge is 0.292 e.